The zero-order chi connectivity index (χ0) is 21.9. The van der Waals surface area contributed by atoms with E-state index in [2.05, 4.69) is 25.2 Å². The molecule has 31 heavy (non-hydrogen) atoms. The Morgan fingerprint density at radius 2 is 1.84 bits per heavy atom. The lowest BCUT2D eigenvalue weighted by atomic mass is 10.3. The Kier molecular flexibility index (Phi) is 8.45. The summed E-state index contributed by atoms with van der Waals surface area (Å²) >= 11 is 0. The Morgan fingerprint density at radius 3 is 2.52 bits per heavy atom. The zero-order valence-electron chi connectivity index (χ0n) is 18.3. The molecular formula is C22H31N7O2. The molecule has 1 aliphatic heterocycles. The fraction of sp³-hybridized carbons (Fsp3) is 0.455. The SMILES string of the molecule is CN=C(NCCC(=O)N1CCN(c2ncccn2)CC1)N(C)CCOc1ccccc1. The van der Waals surface area contributed by atoms with Crippen LogP contribution < -0.4 is 15.0 Å². The van der Waals surface area contributed by atoms with E-state index in [9.17, 15) is 4.79 Å². The minimum Gasteiger partial charge on any atom is -0.492 e. The van der Waals surface area contributed by atoms with Gasteiger partial charge in [0.2, 0.25) is 11.9 Å². The Morgan fingerprint density at radius 1 is 1.13 bits per heavy atom. The first-order valence-corrected chi connectivity index (χ1v) is 10.6. The Bertz CT molecular complexity index is 824. The summed E-state index contributed by atoms with van der Waals surface area (Å²) in [6.45, 7) is 4.63. The van der Waals surface area contributed by atoms with E-state index in [0.717, 1.165) is 30.7 Å². The summed E-state index contributed by atoms with van der Waals surface area (Å²) in [4.78, 5) is 31.4. The lowest BCUT2D eigenvalue weighted by Crippen LogP contribution is -2.50. The number of aliphatic imine (C=N–C) groups is 1. The average molecular weight is 426 g/mol. The van der Waals surface area contributed by atoms with E-state index in [4.69, 9.17) is 4.74 Å². The summed E-state index contributed by atoms with van der Waals surface area (Å²) in [5.74, 6) is 2.46. The number of nitrogens with one attached hydrogen (secondary N) is 1. The van der Waals surface area contributed by atoms with Gasteiger partial charge in [-0.2, -0.15) is 0 Å². The van der Waals surface area contributed by atoms with Crippen LogP contribution in [-0.2, 0) is 4.79 Å². The van der Waals surface area contributed by atoms with Gasteiger partial charge in [0.15, 0.2) is 5.96 Å². The highest BCUT2D eigenvalue weighted by Crippen LogP contribution is 2.10. The number of hydrogen-bond acceptors (Lipinski definition) is 6. The van der Waals surface area contributed by atoms with Crippen LogP contribution in [0.3, 0.4) is 0 Å². The number of amides is 1. The molecule has 0 unspecified atom stereocenters. The number of anilines is 1. The number of aromatic nitrogens is 2. The molecule has 0 saturated carbocycles. The number of hydrogen-bond donors (Lipinski definition) is 1. The van der Waals surface area contributed by atoms with Gasteiger partial charge >= 0.3 is 0 Å². The van der Waals surface area contributed by atoms with Crippen molar-refractivity contribution in [2.75, 3.05) is 64.9 Å². The molecular weight excluding hydrogens is 394 g/mol. The van der Waals surface area contributed by atoms with Gasteiger partial charge in [0.05, 0.1) is 6.54 Å². The maximum absolute atomic E-state index is 12.6. The molecule has 2 heterocycles. The molecule has 1 aromatic heterocycles. The molecule has 2 aromatic rings. The molecule has 1 N–H and O–H groups in total. The van der Waals surface area contributed by atoms with E-state index in [0.29, 0.717) is 39.2 Å². The molecule has 1 saturated heterocycles. The number of ether oxygens (including phenoxy) is 1. The lowest BCUT2D eigenvalue weighted by molar-refractivity contribution is -0.131. The van der Waals surface area contributed by atoms with E-state index < -0.39 is 0 Å². The van der Waals surface area contributed by atoms with Gasteiger partial charge in [-0.25, -0.2) is 9.97 Å². The quantitative estimate of drug-likeness (QED) is 0.501. The number of rotatable bonds is 8. The summed E-state index contributed by atoms with van der Waals surface area (Å²) < 4.78 is 5.74. The number of nitrogens with zero attached hydrogens (tertiary/aromatic N) is 6. The summed E-state index contributed by atoms with van der Waals surface area (Å²) in [6, 6.07) is 11.5. The van der Waals surface area contributed by atoms with Crippen molar-refractivity contribution in [3.05, 3.63) is 48.8 Å². The van der Waals surface area contributed by atoms with Gasteiger partial charge in [0.25, 0.3) is 0 Å². The molecule has 0 radical (unpaired) electrons. The first-order valence-electron chi connectivity index (χ1n) is 10.6. The molecule has 0 spiro atoms. The Balaban J connectivity index is 1.34. The molecule has 1 fully saturated rings. The molecule has 9 heteroatoms. The van der Waals surface area contributed by atoms with Crippen molar-refractivity contribution in [1.29, 1.82) is 0 Å². The second kappa shape index (κ2) is 11.7. The van der Waals surface area contributed by atoms with Crippen molar-refractivity contribution in [2.24, 2.45) is 4.99 Å². The van der Waals surface area contributed by atoms with Crippen molar-refractivity contribution in [2.45, 2.75) is 6.42 Å². The monoisotopic (exact) mass is 425 g/mol. The topological polar surface area (TPSA) is 86.2 Å². The number of carbonyl (C=O) groups excluding carboxylic acids is 1. The van der Waals surface area contributed by atoms with Gasteiger partial charge in [0.1, 0.15) is 12.4 Å². The zero-order valence-corrected chi connectivity index (χ0v) is 18.3. The summed E-state index contributed by atoms with van der Waals surface area (Å²) in [5.41, 5.74) is 0. The number of piperazine rings is 1. The minimum atomic E-state index is 0.145. The Labute approximate surface area is 183 Å². The highest BCUT2D eigenvalue weighted by atomic mass is 16.5. The first kappa shape index (κ1) is 22.3. The maximum atomic E-state index is 12.6. The van der Waals surface area contributed by atoms with Crippen molar-refractivity contribution in [3.63, 3.8) is 0 Å². The molecule has 3 rings (SSSR count). The molecule has 1 aliphatic rings. The number of benzene rings is 1. The molecule has 0 aliphatic carbocycles. The third-order valence-electron chi connectivity index (χ3n) is 5.10. The third-order valence-corrected chi connectivity index (χ3v) is 5.10. The molecule has 166 valence electrons. The molecule has 0 atom stereocenters. The average Bonchev–Trinajstić information content (AvgIpc) is 2.83. The maximum Gasteiger partial charge on any atom is 0.225 e. The predicted octanol–water partition coefficient (Wildman–Crippen LogP) is 1.10. The fourth-order valence-electron chi connectivity index (χ4n) is 3.36. The van der Waals surface area contributed by atoms with E-state index in [-0.39, 0.29) is 5.91 Å². The molecule has 1 amide bonds. The second-order valence-electron chi connectivity index (χ2n) is 7.22. The largest absolute Gasteiger partial charge is 0.492 e. The van der Waals surface area contributed by atoms with Crippen LogP contribution in [0.4, 0.5) is 5.95 Å². The number of para-hydroxylation sites is 1. The number of carbonyl (C=O) groups is 1. The Hall–Kier alpha value is -3.36. The van der Waals surface area contributed by atoms with Gasteiger partial charge in [-0.1, -0.05) is 18.2 Å². The van der Waals surface area contributed by atoms with Crippen LogP contribution in [0.1, 0.15) is 6.42 Å². The van der Waals surface area contributed by atoms with E-state index in [1.165, 1.54) is 0 Å². The number of likely N-dealkylation sites (N-methyl/N-ethyl adjacent to an activating group) is 1. The second-order valence-corrected chi connectivity index (χ2v) is 7.22. The van der Waals surface area contributed by atoms with Crippen LogP contribution in [-0.4, -0.2) is 91.6 Å². The summed E-state index contributed by atoms with van der Waals surface area (Å²) in [7, 11) is 3.69. The van der Waals surface area contributed by atoms with E-state index in [1.54, 1.807) is 25.5 Å². The standard InChI is InChI=1S/C22H31N7O2/c1-23-21(27(2)17-18-31-19-7-4-3-5-8-19)26-12-9-20(30)28-13-15-29(16-14-28)22-24-10-6-11-25-22/h3-8,10-11H,9,12-18H2,1-2H3,(H,23,26). The first-order chi connectivity index (χ1) is 15.2. The van der Waals surface area contributed by atoms with Crippen molar-refractivity contribution >= 4 is 17.8 Å². The van der Waals surface area contributed by atoms with E-state index in [1.807, 2.05) is 47.2 Å². The highest BCUT2D eigenvalue weighted by Gasteiger charge is 2.22. The van der Waals surface area contributed by atoms with Crippen LogP contribution in [0.5, 0.6) is 5.75 Å². The van der Waals surface area contributed by atoms with Gasteiger partial charge in [-0.3, -0.25) is 9.79 Å². The van der Waals surface area contributed by atoms with Crippen LogP contribution >= 0.6 is 0 Å². The molecule has 9 nitrogen and oxygen atoms in total. The van der Waals surface area contributed by atoms with Gasteiger partial charge in [0, 0.05) is 65.6 Å². The summed E-state index contributed by atoms with van der Waals surface area (Å²) in [5, 5.41) is 3.26. The number of guanidine groups is 1. The van der Waals surface area contributed by atoms with Crippen molar-refractivity contribution in [3.8, 4) is 5.75 Å². The summed E-state index contributed by atoms with van der Waals surface area (Å²) in [6.07, 6.45) is 3.90. The van der Waals surface area contributed by atoms with Gasteiger partial charge in [-0.05, 0) is 18.2 Å². The van der Waals surface area contributed by atoms with Crippen LogP contribution in [0.25, 0.3) is 0 Å². The molecule has 1 aromatic carbocycles. The van der Waals surface area contributed by atoms with Crippen LogP contribution in [0.2, 0.25) is 0 Å². The predicted molar refractivity (Wildman–Crippen MR) is 121 cm³/mol. The van der Waals surface area contributed by atoms with Gasteiger partial charge < -0.3 is 24.8 Å². The van der Waals surface area contributed by atoms with Gasteiger partial charge in [-0.15, -0.1) is 0 Å². The van der Waals surface area contributed by atoms with Crippen molar-refractivity contribution in [1.82, 2.24) is 25.1 Å². The van der Waals surface area contributed by atoms with E-state index >= 15 is 0 Å². The van der Waals surface area contributed by atoms with Crippen LogP contribution in [0, 0.1) is 0 Å². The fourth-order valence-corrected chi connectivity index (χ4v) is 3.36. The van der Waals surface area contributed by atoms with Crippen molar-refractivity contribution < 1.29 is 9.53 Å². The minimum absolute atomic E-state index is 0.145. The highest BCUT2D eigenvalue weighted by molar-refractivity contribution is 5.81. The van der Waals surface area contributed by atoms with Crippen LogP contribution in [0.15, 0.2) is 53.8 Å². The lowest BCUT2D eigenvalue weighted by Gasteiger charge is -2.34. The normalized spacial score (nSPS) is 14.3. The molecule has 0 bridgehead atoms. The smallest absolute Gasteiger partial charge is 0.225 e. The third kappa shape index (κ3) is 6.84.